The van der Waals surface area contributed by atoms with E-state index < -0.39 is 35.2 Å². The van der Waals surface area contributed by atoms with Gasteiger partial charge in [0.15, 0.2) is 0 Å². The van der Waals surface area contributed by atoms with Gasteiger partial charge in [0.05, 0.1) is 24.6 Å². The fraction of sp³-hybridized carbons (Fsp3) is 0.526. The molecule has 1 aliphatic rings. The van der Waals surface area contributed by atoms with Gasteiger partial charge in [-0.15, -0.1) is 0 Å². The molecule has 0 saturated carbocycles. The molecule has 1 heterocycles. The molecule has 3 unspecified atom stereocenters. The molecule has 0 spiro atoms. The molecule has 0 N–H and O–H groups in total. The minimum absolute atomic E-state index is 0.189. The van der Waals surface area contributed by atoms with Gasteiger partial charge in [-0.05, 0) is 39.7 Å². The normalized spacial score (nSPS) is 26.0. The van der Waals surface area contributed by atoms with Crippen LogP contribution in [0.25, 0.3) is 0 Å². The quantitative estimate of drug-likeness (QED) is 0.768. The molecule has 6 heteroatoms. The first-order chi connectivity index (χ1) is 11.6. The van der Waals surface area contributed by atoms with Crippen molar-refractivity contribution >= 4 is 12.1 Å². The van der Waals surface area contributed by atoms with Gasteiger partial charge < -0.3 is 9.47 Å². The third-order valence-electron chi connectivity index (χ3n) is 4.28. The number of carbonyl (C=O) groups is 2. The van der Waals surface area contributed by atoms with Gasteiger partial charge in [0, 0.05) is 0 Å². The number of hydrogen-bond acceptors (Lipinski definition) is 5. The molecule has 25 heavy (non-hydrogen) atoms. The van der Waals surface area contributed by atoms with Gasteiger partial charge >= 0.3 is 12.1 Å². The molecule has 0 aliphatic carbocycles. The zero-order valence-electron chi connectivity index (χ0n) is 15.3. The van der Waals surface area contributed by atoms with Crippen LogP contribution in [-0.2, 0) is 14.3 Å². The summed E-state index contributed by atoms with van der Waals surface area (Å²) >= 11 is 0. The van der Waals surface area contributed by atoms with Gasteiger partial charge in [-0.3, -0.25) is 4.90 Å². The number of methoxy groups -OCH3 is 1. The van der Waals surface area contributed by atoms with Gasteiger partial charge in [0.1, 0.15) is 11.6 Å². The van der Waals surface area contributed by atoms with Crippen molar-refractivity contribution in [2.45, 2.75) is 51.8 Å². The van der Waals surface area contributed by atoms with E-state index in [2.05, 4.69) is 6.07 Å². The number of likely N-dealkylation sites (tertiary alicyclic amines) is 1. The van der Waals surface area contributed by atoms with Crippen molar-refractivity contribution in [1.82, 2.24) is 4.90 Å². The summed E-state index contributed by atoms with van der Waals surface area (Å²) in [6, 6.07) is 10.0. The number of ether oxygens (including phenoxy) is 2. The Morgan fingerprint density at radius 1 is 1.28 bits per heavy atom. The molecule has 0 aromatic heterocycles. The SMILES string of the molecule is COC(=O)C1CC(C)(C#N)C(c2ccccc2)N1C(=O)OC(C)(C)C. The van der Waals surface area contributed by atoms with Crippen molar-refractivity contribution in [3.05, 3.63) is 35.9 Å². The third kappa shape index (κ3) is 3.76. The molecule has 1 saturated heterocycles. The third-order valence-corrected chi connectivity index (χ3v) is 4.28. The van der Waals surface area contributed by atoms with Gasteiger partial charge in [-0.1, -0.05) is 30.3 Å². The lowest BCUT2D eigenvalue weighted by Gasteiger charge is -2.34. The van der Waals surface area contributed by atoms with Crippen molar-refractivity contribution in [2.75, 3.05) is 7.11 Å². The van der Waals surface area contributed by atoms with E-state index in [0.717, 1.165) is 5.56 Å². The van der Waals surface area contributed by atoms with Crippen LogP contribution >= 0.6 is 0 Å². The summed E-state index contributed by atoms with van der Waals surface area (Å²) in [6.45, 7) is 7.03. The summed E-state index contributed by atoms with van der Waals surface area (Å²) in [5.74, 6) is -0.550. The zero-order valence-corrected chi connectivity index (χ0v) is 15.3. The number of esters is 1. The molecule has 134 valence electrons. The van der Waals surface area contributed by atoms with Crippen LogP contribution in [0.4, 0.5) is 4.79 Å². The van der Waals surface area contributed by atoms with Crippen LogP contribution in [0.2, 0.25) is 0 Å². The lowest BCUT2D eigenvalue weighted by Crippen LogP contribution is -2.45. The van der Waals surface area contributed by atoms with Crippen LogP contribution in [0.15, 0.2) is 30.3 Å². The monoisotopic (exact) mass is 344 g/mol. The number of amides is 1. The Bertz CT molecular complexity index is 690. The predicted molar refractivity (Wildman–Crippen MR) is 91.4 cm³/mol. The number of nitriles is 1. The van der Waals surface area contributed by atoms with Crippen LogP contribution in [0.5, 0.6) is 0 Å². The summed E-state index contributed by atoms with van der Waals surface area (Å²) in [5, 5.41) is 9.78. The molecule has 1 aromatic carbocycles. The standard InChI is InChI=1S/C19H24N2O4/c1-18(2,3)25-17(23)21-14(16(22)24-5)11-19(4,12-20)15(21)13-9-7-6-8-10-13/h6-10,14-15H,11H2,1-5H3. The topological polar surface area (TPSA) is 79.6 Å². The zero-order chi connectivity index (χ0) is 18.8. The highest BCUT2D eigenvalue weighted by atomic mass is 16.6. The van der Waals surface area contributed by atoms with E-state index in [9.17, 15) is 14.9 Å². The average molecular weight is 344 g/mol. The maximum atomic E-state index is 12.9. The van der Waals surface area contributed by atoms with E-state index in [1.54, 1.807) is 27.7 Å². The molecule has 0 radical (unpaired) electrons. The smallest absolute Gasteiger partial charge is 0.411 e. The van der Waals surface area contributed by atoms with Crippen LogP contribution in [-0.4, -0.2) is 35.7 Å². The lowest BCUT2D eigenvalue weighted by atomic mass is 9.79. The Labute approximate surface area is 148 Å². The molecule has 3 atom stereocenters. The van der Waals surface area contributed by atoms with E-state index in [-0.39, 0.29) is 6.42 Å². The maximum Gasteiger partial charge on any atom is 0.411 e. The van der Waals surface area contributed by atoms with Crippen molar-refractivity contribution in [2.24, 2.45) is 5.41 Å². The summed E-state index contributed by atoms with van der Waals surface area (Å²) in [4.78, 5) is 26.5. The number of benzene rings is 1. The van der Waals surface area contributed by atoms with Crippen molar-refractivity contribution in [3.63, 3.8) is 0 Å². The molecule has 1 aliphatic heterocycles. The van der Waals surface area contributed by atoms with Crippen LogP contribution < -0.4 is 0 Å². The lowest BCUT2D eigenvalue weighted by molar-refractivity contribution is -0.146. The Kier molecular flexibility index (Phi) is 5.07. The van der Waals surface area contributed by atoms with Crippen molar-refractivity contribution < 1.29 is 19.1 Å². The molecule has 2 rings (SSSR count). The van der Waals surface area contributed by atoms with E-state index in [0.29, 0.717) is 0 Å². The van der Waals surface area contributed by atoms with Gasteiger partial charge in [0.2, 0.25) is 0 Å². The molecule has 1 amide bonds. The number of rotatable bonds is 2. The Morgan fingerprint density at radius 2 is 1.88 bits per heavy atom. The highest BCUT2D eigenvalue weighted by Crippen LogP contribution is 2.50. The maximum absolute atomic E-state index is 12.9. The van der Waals surface area contributed by atoms with Crippen LogP contribution in [0.3, 0.4) is 0 Å². The molecule has 6 nitrogen and oxygen atoms in total. The van der Waals surface area contributed by atoms with Gasteiger partial charge in [-0.25, -0.2) is 9.59 Å². The van der Waals surface area contributed by atoms with Gasteiger partial charge in [-0.2, -0.15) is 5.26 Å². The average Bonchev–Trinajstić information content (AvgIpc) is 2.87. The summed E-state index contributed by atoms with van der Waals surface area (Å²) in [5.41, 5.74) is -0.870. The first-order valence-electron chi connectivity index (χ1n) is 8.18. The Balaban J connectivity index is 2.54. The second-order valence-electron chi connectivity index (χ2n) is 7.47. The van der Waals surface area contributed by atoms with Crippen molar-refractivity contribution in [3.8, 4) is 6.07 Å². The highest BCUT2D eigenvalue weighted by molar-refractivity contribution is 5.83. The minimum atomic E-state index is -0.933. The van der Waals surface area contributed by atoms with Crippen molar-refractivity contribution in [1.29, 1.82) is 5.26 Å². The fourth-order valence-corrected chi connectivity index (χ4v) is 3.25. The van der Waals surface area contributed by atoms with E-state index in [1.807, 2.05) is 30.3 Å². The first kappa shape index (κ1) is 18.8. The first-order valence-corrected chi connectivity index (χ1v) is 8.18. The fourth-order valence-electron chi connectivity index (χ4n) is 3.25. The summed E-state index contributed by atoms with van der Waals surface area (Å²) in [6.07, 6.45) is -0.439. The molecule has 1 fully saturated rings. The van der Waals surface area contributed by atoms with Crippen LogP contribution in [0.1, 0.15) is 45.7 Å². The number of hydrogen-bond donors (Lipinski definition) is 0. The predicted octanol–water partition coefficient (Wildman–Crippen LogP) is 3.44. The number of nitrogens with zero attached hydrogens (tertiary/aromatic N) is 2. The molecule has 1 aromatic rings. The summed E-state index contributed by atoms with van der Waals surface area (Å²) < 4.78 is 10.4. The summed E-state index contributed by atoms with van der Waals surface area (Å²) in [7, 11) is 1.27. The van der Waals surface area contributed by atoms with E-state index in [1.165, 1.54) is 12.0 Å². The molecule has 0 bridgehead atoms. The van der Waals surface area contributed by atoms with Gasteiger partial charge in [0.25, 0.3) is 0 Å². The Morgan fingerprint density at radius 3 is 2.36 bits per heavy atom. The molecular formula is C19H24N2O4. The largest absolute Gasteiger partial charge is 0.467 e. The minimum Gasteiger partial charge on any atom is -0.467 e. The van der Waals surface area contributed by atoms with E-state index >= 15 is 0 Å². The second-order valence-corrected chi connectivity index (χ2v) is 7.47. The van der Waals surface area contributed by atoms with E-state index in [4.69, 9.17) is 9.47 Å². The van der Waals surface area contributed by atoms with Crippen LogP contribution in [0, 0.1) is 16.7 Å². The second kappa shape index (κ2) is 6.75. The molecular weight excluding hydrogens is 320 g/mol. The number of carbonyl (C=O) groups excluding carboxylic acids is 2. The Hall–Kier alpha value is -2.55. The highest BCUT2D eigenvalue weighted by Gasteiger charge is 2.56.